The highest BCUT2D eigenvalue weighted by Crippen LogP contribution is 2.08. The summed E-state index contributed by atoms with van der Waals surface area (Å²) in [5, 5.41) is 5.44. The van der Waals surface area contributed by atoms with Crippen LogP contribution in [0.25, 0.3) is 6.08 Å². The first kappa shape index (κ1) is 16.5. The Labute approximate surface area is 135 Å². The molecule has 0 fully saturated rings. The summed E-state index contributed by atoms with van der Waals surface area (Å²) in [7, 11) is 0. The lowest BCUT2D eigenvalue weighted by Crippen LogP contribution is -2.35. The molecule has 23 heavy (non-hydrogen) atoms. The number of nitrogens with one attached hydrogen (secondary N) is 2. The fourth-order valence-corrected chi connectivity index (χ4v) is 1.93. The van der Waals surface area contributed by atoms with Crippen molar-refractivity contribution in [3.63, 3.8) is 0 Å². The van der Waals surface area contributed by atoms with Gasteiger partial charge in [-0.3, -0.25) is 9.59 Å². The largest absolute Gasteiger partial charge is 0.465 e. The zero-order chi connectivity index (χ0) is 16.5. The Hall–Kier alpha value is -2.82. The van der Waals surface area contributed by atoms with Crippen molar-refractivity contribution >= 4 is 17.9 Å². The summed E-state index contributed by atoms with van der Waals surface area (Å²) in [6, 6.07) is 12.2. The van der Waals surface area contributed by atoms with E-state index in [2.05, 4.69) is 10.6 Å². The first-order valence-corrected chi connectivity index (χ1v) is 7.60. The van der Waals surface area contributed by atoms with Crippen LogP contribution in [-0.2, 0) is 4.79 Å². The minimum absolute atomic E-state index is 0.157. The maximum absolute atomic E-state index is 12.3. The molecule has 0 aliphatic heterocycles. The van der Waals surface area contributed by atoms with Gasteiger partial charge in [-0.25, -0.2) is 0 Å². The third-order valence-corrected chi connectivity index (χ3v) is 3.17. The second-order valence-corrected chi connectivity index (χ2v) is 5.00. The summed E-state index contributed by atoms with van der Waals surface area (Å²) in [6.45, 7) is 2.61. The van der Waals surface area contributed by atoms with Crippen LogP contribution in [0.2, 0.25) is 0 Å². The molecule has 0 bridgehead atoms. The average Bonchev–Trinajstić information content (AvgIpc) is 3.08. The normalized spacial score (nSPS) is 11.1. The minimum atomic E-state index is -0.339. The second kappa shape index (κ2) is 8.58. The lowest BCUT2D eigenvalue weighted by atomic mass is 10.2. The highest BCUT2D eigenvalue weighted by molar-refractivity contribution is 6.05. The van der Waals surface area contributed by atoms with E-state index in [-0.39, 0.29) is 17.5 Å². The fraction of sp³-hybridized carbons (Fsp3) is 0.222. The summed E-state index contributed by atoms with van der Waals surface area (Å²) in [5.41, 5.74) is 0.643. The van der Waals surface area contributed by atoms with E-state index in [0.29, 0.717) is 17.9 Å². The third kappa shape index (κ3) is 5.14. The van der Waals surface area contributed by atoms with E-state index in [1.165, 1.54) is 12.3 Å². The van der Waals surface area contributed by atoms with Gasteiger partial charge in [0.1, 0.15) is 11.5 Å². The van der Waals surface area contributed by atoms with Gasteiger partial charge in [-0.15, -0.1) is 0 Å². The molecule has 0 unspecified atom stereocenters. The zero-order valence-corrected chi connectivity index (χ0v) is 13.0. The Morgan fingerprint density at radius 2 is 1.91 bits per heavy atom. The molecule has 120 valence electrons. The van der Waals surface area contributed by atoms with Crippen LogP contribution in [0.15, 0.2) is 58.8 Å². The molecule has 0 saturated carbocycles. The summed E-state index contributed by atoms with van der Waals surface area (Å²) in [4.78, 5) is 24.5. The van der Waals surface area contributed by atoms with Gasteiger partial charge in [0.25, 0.3) is 11.8 Å². The van der Waals surface area contributed by atoms with Gasteiger partial charge in [0.2, 0.25) is 0 Å². The van der Waals surface area contributed by atoms with Crippen molar-refractivity contribution in [1.29, 1.82) is 0 Å². The number of unbranched alkanes of at least 4 members (excludes halogenated alkanes) is 1. The molecule has 1 aromatic heterocycles. The van der Waals surface area contributed by atoms with E-state index >= 15 is 0 Å². The van der Waals surface area contributed by atoms with E-state index in [4.69, 9.17) is 4.42 Å². The van der Waals surface area contributed by atoms with E-state index in [0.717, 1.165) is 12.8 Å². The van der Waals surface area contributed by atoms with Crippen molar-refractivity contribution < 1.29 is 14.0 Å². The zero-order valence-electron chi connectivity index (χ0n) is 13.0. The van der Waals surface area contributed by atoms with Gasteiger partial charge in [-0.1, -0.05) is 31.5 Å². The quantitative estimate of drug-likeness (QED) is 0.610. The average molecular weight is 312 g/mol. The Morgan fingerprint density at radius 3 is 2.57 bits per heavy atom. The van der Waals surface area contributed by atoms with Gasteiger partial charge >= 0.3 is 0 Å². The summed E-state index contributed by atoms with van der Waals surface area (Å²) in [6.07, 6.45) is 4.89. The molecule has 1 aromatic carbocycles. The Balaban J connectivity index is 2.13. The second-order valence-electron chi connectivity index (χ2n) is 5.00. The van der Waals surface area contributed by atoms with Crippen molar-refractivity contribution in [2.45, 2.75) is 19.8 Å². The van der Waals surface area contributed by atoms with Crippen LogP contribution < -0.4 is 10.6 Å². The third-order valence-electron chi connectivity index (χ3n) is 3.17. The molecule has 2 aromatic rings. The molecule has 5 heteroatoms. The summed E-state index contributed by atoms with van der Waals surface area (Å²) < 4.78 is 5.22. The molecular formula is C18H20N2O3. The van der Waals surface area contributed by atoms with Gasteiger partial charge in [0.15, 0.2) is 0 Å². The van der Waals surface area contributed by atoms with Crippen LogP contribution >= 0.6 is 0 Å². The van der Waals surface area contributed by atoms with Crippen molar-refractivity contribution in [2.24, 2.45) is 0 Å². The maximum Gasteiger partial charge on any atom is 0.267 e. The molecule has 2 rings (SSSR count). The van der Waals surface area contributed by atoms with Crippen LogP contribution in [0.1, 0.15) is 35.9 Å². The number of hydrogen-bond acceptors (Lipinski definition) is 3. The highest BCUT2D eigenvalue weighted by atomic mass is 16.3. The molecular weight excluding hydrogens is 292 g/mol. The van der Waals surface area contributed by atoms with Crippen molar-refractivity contribution in [2.75, 3.05) is 6.54 Å². The number of benzene rings is 1. The molecule has 0 radical (unpaired) electrons. The lowest BCUT2D eigenvalue weighted by Gasteiger charge is -2.10. The first-order valence-electron chi connectivity index (χ1n) is 7.60. The Kier molecular flexibility index (Phi) is 6.17. The molecule has 0 saturated heterocycles. The Morgan fingerprint density at radius 1 is 1.13 bits per heavy atom. The van der Waals surface area contributed by atoms with Gasteiger partial charge < -0.3 is 15.1 Å². The van der Waals surface area contributed by atoms with Gasteiger partial charge in [-0.2, -0.15) is 0 Å². The fourth-order valence-electron chi connectivity index (χ4n) is 1.93. The van der Waals surface area contributed by atoms with Gasteiger partial charge in [0, 0.05) is 18.2 Å². The van der Waals surface area contributed by atoms with Crippen LogP contribution in [-0.4, -0.2) is 18.4 Å². The van der Waals surface area contributed by atoms with Crippen molar-refractivity contribution in [3.05, 3.63) is 65.7 Å². The molecule has 1 heterocycles. The standard InChI is InChI=1S/C18H20N2O3/c1-2-3-11-19-18(22)16(13-15-10-7-12-23-15)20-17(21)14-8-5-4-6-9-14/h4-10,12-13H,2-3,11H2,1H3,(H,19,22)(H,20,21)/b16-13+. The van der Waals surface area contributed by atoms with Gasteiger partial charge in [0.05, 0.1) is 6.26 Å². The van der Waals surface area contributed by atoms with E-state index in [1.54, 1.807) is 36.4 Å². The molecule has 0 atom stereocenters. The Bertz CT molecular complexity index is 661. The van der Waals surface area contributed by atoms with E-state index in [1.807, 2.05) is 13.0 Å². The van der Waals surface area contributed by atoms with Crippen LogP contribution in [0.5, 0.6) is 0 Å². The number of furan rings is 1. The SMILES string of the molecule is CCCCNC(=O)/C(=C\c1ccco1)NC(=O)c1ccccc1. The number of carbonyl (C=O) groups is 2. The number of amides is 2. The van der Waals surface area contributed by atoms with E-state index in [9.17, 15) is 9.59 Å². The summed E-state index contributed by atoms with van der Waals surface area (Å²) >= 11 is 0. The van der Waals surface area contributed by atoms with Crippen molar-refractivity contribution in [1.82, 2.24) is 10.6 Å². The smallest absolute Gasteiger partial charge is 0.267 e. The molecule has 0 aliphatic rings. The van der Waals surface area contributed by atoms with Crippen LogP contribution in [0.3, 0.4) is 0 Å². The topological polar surface area (TPSA) is 71.3 Å². The maximum atomic E-state index is 12.3. The predicted octanol–water partition coefficient (Wildman–Crippen LogP) is 2.97. The molecule has 2 N–H and O–H groups in total. The summed E-state index contributed by atoms with van der Waals surface area (Å²) in [5.74, 6) is -0.174. The number of rotatable bonds is 7. The van der Waals surface area contributed by atoms with Crippen LogP contribution in [0.4, 0.5) is 0 Å². The molecule has 0 aliphatic carbocycles. The molecule has 0 spiro atoms. The lowest BCUT2D eigenvalue weighted by molar-refractivity contribution is -0.117. The number of carbonyl (C=O) groups excluding carboxylic acids is 2. The molecule has 2 amide bonds. The number of hydrogen-bond donors (Lipinski definition) is 2. The van der Waals surface area contributed by atoms with Crippen LogP contribution in [0, 0.1) is 0 Å². The van der Waals surface area contributed by atoms with Gasteiger partial charge in [-0.05, 0) is 30.7 Å². The highest BCUT2D eigenvalue weighted by Gasteiger charge is 2.14. The van der Waals surface area contributed by atoms with Crippen molar-refractivity contribution in [3.8, 4) is 0 Å². The monoisotopic (exact) mass is 312 g/mol. The minimum Gasteiger partial charge on any atom is -0.465 e. The molecule has 5 nitrogen and oxygen atoms in total. The predicted molar refractivity (Wildman–Crippen MR) is 88.5 cm³/mol. The van der Waals surface area contributed by atoms with E-state index < -0.39 is 0 Å². The first-order chi connectivity index (χ1) is 11.2.